The van der Waals surface area contributed by atoms with Crippen LogP contribution >= 0.6 is 23.5 Å². The molecule has 0 bridgehead atoms. The molecule has 0 saturated heterocycles. The van der Waals surface area contributed by atoms with Gasteiger partial charge in [-0.2, -0.15) is 0 Å². The number of benzene rings is 2. The van der Waals surface area contributed by atoms with Crippen LogP contribution in [-0.2, 0) is 0 Å². The van der Waals surface area contributed by atoms with Crippen molar-refractivity contribution >= 4 is 34.9 Å². The second-order valence-corrected chi connectivity index (χ2v) is 6.84. The van der Waals surface area contributed by atoms with Crippen molar-refractivity contribution in [3.63, 3.8) is 0 Å². The van der Waals surface area contributed by atoms with Crippen LogP contribution in [0.3, 0.4) is 0 Å². The van der Waals surface area contributed by atoms with Crippen LogP contribution in [0.2, 0.25) is 0 Å². The SMILES string of the molecule is CCSc1ccc(NNc2ccc(SCC)cc2)cc1. The maximum atomic E-state index is 3.22. The maximum Gasteiger partial charge on any atom is 0.0540 e. The topological polar surface area (TPSA) is 24.1 Å². The first-order valence-corrected chi connectivity index (χ1v) is 8.76. The molecule has 0 aliphatic carbocycles. The van der Waals surface area contributed by atoms with Crippen molar-refractivity contribution in [2.45, 2.75) is 23.6 Å². The largest absolute Gasteiger partial charge is 0.301 e. The molecule has 0 unspecified atom stereocenters. The first-order valence-electron chi connectivity index (χ1n) is 6.79. The Balaban J connectivity index is 1.87. The summed E-state index contributed by atoms with van der Waals surface area (Å²) in [4.78, 5) is 2.61. The third kappa shape index (κ3) is 4.69. The Morgan fingerprint density at radius 1 is 0.650 bits per heavy atom. The van der Waals surface area contributed by atoms with Gasteiger partial charge in [0.2, 0.25) is 0 Å². The van der Waals surface area contributed by atoms with E-state index in [0.29, 0.717) is 0 Å². The van der Waals surface area contributed by atoms with Gasteiger partial charge in [-0.05, 0) is 60.0 Å². The van der Waals surface area contributed by atoms with E-state index in [1.54, 1.807) is 0 Å². The highest BCUT2D eigenvalue weighted by Crippen LogP contribution is 2.21. The van der Waals surface area contributed by atoms with Crippen molar-refractivity contribution < 1.29 is 0 Å². The number of hydrogen-bond donors (Lipinski definition) is 2. The summed E-state index contributed by atoms with van der Waals surface area (Å²) in [5, 5.41) is 0. The van der Waals surface area contributed by atoms with Crippen molar-refractivity contribution in [1.29, 1.82) is 0 Å². The second-order valence-electron chi connectivity index (χ2n) is 4.16. The van der Waals surface area contributed by atoms with Gasteiger partial charge in [-0.15, -0.1) is 23.5 Å². The second kappa shape index (κ2) is 8.12. The summed E-state index contributed by atoms with van der Waals surface area (Å²) in [7, 11) is 0. The molecular weight excluding hydrogens is 284 g/mol. The fourth-order valence-electron chi connectivity index (χ4n) is 1.75. The van der Waals surface area contributed by atoms with E-state index < -0.39 is 0 Å². The van der Waals surface area contributed by atoms with E-state index in [0.717, 1.165) is 22.9 Å². The number of anilines is 2. The molecular formula is C16H20N2S2. The smallest absolute Gasteiger partial charge is 0.0540 e. The number of hydrogen-bond acceptors (Lipinski definition) is 4. The molecule has 0 heterocycles. The van der Waals surface area contributed by atoms with E-state index in [1.807, 2.05) is 23.5 Å². The third-order valence-corrected chi connectivity index (χ3v) is 4.47. The van der Waals surface area contributed by atoms with E-state index in [4.69, 9.17) is 0 Å². The highest BCUT2D eigenvalue weighted by Gasteiger charge is 1.96. The lowest BCUT2D eigenvalue weighted by molar-refractivity contribution is 1.35. The normalized spacial score (nSPS) is 10.3. The summed E-state index contributed by atoms with van der Waals surface area (Å²) >= 11 is 3.71. The monoisotopic (exact) mass is 304 g/mol. The van der Waals surface area contributed by atoms with Crippen molar-refractivity contribution in [2.75, 3.05) is 22.4 Å². The van der Waals surface area contributed by atoms with Crippen LogP contribution in [0.15, 0.2) is 58.3 Å². The molecule has 0 aromatic heterocycles. The van der Waals surface area contributed by atoms with Gasteiger partial charge in [0.05, 0.1) is 11.4 Å². The molecule has 2 N–H and O–H groups in total. The quantitative estimate of drug-likeness (QED) is 0.532. The molecule has 2 aromatic rings. The van der Waals surface area contributed by atoms with Gasteiger partial charge in [-0.1, -0.05) is 13.8 Å². The zero-order chi connectivity index (χ0) is 14.2. The Hall–Kier alpha value is -1.26. The molecule has 4 heteroatoms. The molecule has 0 radical (unpaired) electrons. The van der Waals surface area contributed by atoms with E-state index in [2.05, 4.69) is 73.2 Å². The molecule has 2 nitrogen and oxygen atoms in total. The molecule has 0 saturated carbocycles. The van der Waals surface area contributed by atoms with Crippen LogP contribution in [0, 0.1) is 0 Å². The number of thioether (sulfide) groups is 2. The van der Waals surface area contributed by atoms with Gasteiger partial charge >= 0.3 is 0 Å². The minimum Gasteiger partial charge on any atom is -0.301 e. The molecule has 0 atom stereocenters. The van der Waals surface area contributed by atoms with E-state index >= 15 is 0 Å². The van der Waals surface area contributed by atoms with Gasteiger partial charge in [0.1, 0.15) is 0 Å². The van der Waals surface area contributed by atoms with Crippen LogP contribution in [0.4, 0.5) is 11.4 Å². The number of rotatable bonds is 7. The van der Waals surface area contributed by atoms with Gasteiger partial charge in [-0.25, -0.2) is 0 Å². The molecule has 0 aliphatic heterocycles. The summed E-state index contributed by atoms with van der Waals surface area (Å²) in [5.41, 5.74) is 8.57. The minimum absolute atomic E-state index is 1.07. The lowest BCUT2D eigenvalue weighted by Gasteiger charge is -2.10. The van der Waals surface area contributed by atoms with Crippen LogP contribution in [0.5, 0.6) is 0 Å². The van der Waals surface area contributed by atoms with Gasteiger partial charge in [0.25, 0.3) is 0 Å². The fraction of sp³-hybridized carbons (Fsp3) is 0.250. The predicted molar refractivity (Wildman–Crippen MR) is 92.9 cm³/mol. The molecule has 20 heavy (non-hydrogen) atoms. The summed E-state index contributed by atoms with van der Waals surface area (Å²) in [5.74, 6) is 2.21. The first-order chi connectivity index (χ1) is 9.81. The fourth-order valence-corrected chi connectivity index (χ4v) is 3.07. The molecule has 0 aliphatic rings. The third-order valence-electron chi connectivity index (χ3n) is 2.68. The number of hydrazine groups is 1. The van der Waals surface area contributed by atoms with Crippen LogP contribution in [0.1, 0.15) is 13.8 Å². The summed E-state index contributed by atoms with van der Waals surface area (Å²) in [6, 6.07) is 16.9. The molecule has 0 spiro atoms. The van der Waals surface area contributed by atoms with Gasteiger partial charge in [0, 0.05) is 9.79 Å². The Bertz CT molecular complexity index is 460. The molecule has 0 fully saturated rings. The Morgan fingerprint density at radius 3 is 1.30 bits per heavy atom. The van der Waals surface area contributed by atoms with Crippen molar-refractivity contribution in [3.05, 3.63) is 48.5 Å². The Morgan fingerprint density at radius 2 is 1.00 bits per heavy atom. The average Bonchev–Trinajstić information content (AvgIpc) is 2.49. The van der Waals surface area contributed by atoms with Crippen LogP contribution < -0.4 is 10.9 Å². The lowest BCUT2D eigenvalue weighted by atomic mass is 10.3. The molecule has 2 aromatic carbocycles. The minimum atomic E-state index is 1.07. The van der Waals surface area contributed by atoms with E-state index in [-0.39, 0.29) is 0 Å². The standard InChI is InChI=1S/C16H20N2S2/c1-3-19-15-9-5-13(6-10-15)17-18-14-7-11-16(12-8-14)20-4-2/h5-12,17-18H,3-4H2,1-2H3. The zero-order valence-electron chi connectivity index (χ0n) is 11.8. The van der Waals surface area contributed by atoms with E-state index in [1.165, 1.54) is 9.79 Å². The number of nitrogens with one attached hydrogen (secondary N) is 2. The summed E-state index contributed by atoms with van der Waals surface area (Å²) < 4.78 is 0. The van der Waals surface area contributed by atoms with Gasteiger partial charge in [-0.3, -0.25) is 0 Å². The molecule has 0 amide bonds. The zero-order valence-corrected chi connectivity index (χ0v) is 13.5. The maximum absolute atomic E-state index is 3.22. The van der Waals surface area contributed by atoms with E-state index in [9.17, 15) is 0 Å². The molecule has 106 valence electrons. The van der Waals surface area contributed by atoms with Crippen molar-refractivity contribution in [3.8, 4) is 0 Å². The van der Waals surface area contributed by atoms with Crippen LogP contribution in [-0.4, -0.2) is 11.5 Å². The van der Waals surface area contributed by atoms with Crippen molar-refractivity contribution in [2.24, 2.45) is 0 Å². The first kappa shape index (κ1) is 15.1. The van der Waals surface area contributed by atoms with Crippen molar-refractivity contribution in [1.82, 2.24) is 0 Å². The Labute approximate surface area is 129 Å². The lowest BCUT2D eigenvalue weighted by Crippen LogP contribution is -2.08. The molecule has 2 rings (SSSR count). The van der Waals surface area contributed by atoms with Gasteiger partial charge < -0.3 is 10.9 Å². The highest BCUT2D eigenvalue weighted by atomic mass is 32.2. The highest BCUT2D eigenvalue weighted by molar-refractivity contribution is 7.99. The predicted octanol–water partition coefficient (Wildman–Crippen LogP) is 5.35. The summed E-state index contributed by atoms with van der Waals surface area (Å²) in [6.45, 7) is 4.33. The average molecular weight is 304 g/mol. The Kier molecular flexibility index (Phi) is 6.15. The summed E-state index contributed by atoms with van der Waals surface area (Å²) in [6.07, 6.45) is 0. The van der Waals surface area contributed by atoms with Gasteiger partial charge in [0.15, 0.2) is 0 Å². The van der Waals surface area contributed by atoms with Crippen LogP contribution in [0.25, 0.3) is 0 Å².